The van der Waals surface area contributed by atoms with Crippen LogP contribution in [-0.4, -0.2) is 67.6 Å². The molecular weight excluding hydrogens is 550 g/mol. The molecular formula is C37H45N3O4. The molecule has 3 aliphatic rings. The zero-order valence-corrected chi connectivity index (χ0v) is 26.1. The number of rotatable bonds is 11. The maximum Gasteiger partial charge on any atom is 0.254 e. The molecule has 3 aromatic carbocycles. The van der Waals surface area contributed by atoms with Crippen LogP contribution in [0.1, 0.15) is 77.7 Å². The lowest BCUT2D eigenvalue weighted by Gasteiger charge is -2.45. The van der Waals surface area contributed by atoms with Crippen LogP contribution in [0.2, 0.25) is 0 Å². The number of likely N-dealkylation sites (tertiary alicyclic amines) is 1. The second-order valence-electron chi connectivity index (χ2n) is 12.2. The number of ether oxygens (including phenoxy) is 2. The van der Waals surface area contributed by atoms with E-state index in [2.05, 4.69) is 40.5 Å². The summed E-state index contributed by atoms with van der Waals surface area (Å²) in [5.41, 5.74) is 4.95. The lowest BCUT2D eigenvalue weighted by molar-refractivity contribution is -0.124. The van der Waals surface area contributed by atoms with Crippen LogP contribution >= 0.6 is 0 Å². The molecule has 44 heavy (non-hydrogen) atoms. The smallest absolute Gasteiger partial charge is 0.254 e. The Morgan fingerprint density at radius 2 is 1.59 bits per heavy atom. The van der Waals surface area contributed by atoms with Crippen molar-refractivity contribution in [2.45, 2.75) is 57.9 Å². The average Bonchev–Trinajstić information content (AvgIpc) is 3.05. The van der Waals surface area contributed by atoms with E-state index in [1.165, 1.54) is 18.4 Å². The van der Waals surface area contributed by atoms with E-state index < -0.39 is 5.92 Å². The predicted octanol–water partition coefficient (Wildman–Crippen LogP) is 5.78. The number of nitrogens with zero attached hydrogens (tertiary/aromatic N) is 2. The van der Waals surface area contributed by atoms with Crippen molar-refractivity contribution in [3.63, 3.8) is 0 Å². The Hall–Kier alpha value is -3.84. The molecule has 1 saturated heterocycles. The maximum atomic E-state index is 14.1. The maximum absolute atomic E-state index is 14.1. The standard InChI is InChI=1S/C37H45N3O4/c1-3-43-32-24-28-17-22-40-35(31(28)25-33(32)44-4-2)34(29-13-8-9-14-30(29)37(40)42)36(41)38-18-10-19-39-20-15-27(16-21-39)23-26-11-6-5-7-12-26/h5-9,11-14,24-25,27,34-35H,3-4,10,15-23H2,1-2H3,(H,38,41). The molecule has 0 spiro atoms. The van der Waals surface area contributed by atoms with E-state index in [4.69, 9.17) is 9.47 Å². The Balaban J connectivity index is 1.13. The van der Waals surface area contributed by atoms with E-state index >= 15 is 0 Å². The summed E-state index contributed by atoms with van der Waals surface area (Å²) in [5, 5.41) is 3.26. The summed E-state index contributed by atoms with van der Waals surface area (Å²) < 4.78 is 11.9. The van der Waals surface area contributed by atoms with Crippen LogP contribution < -0.4 is 14.8 Å². The zero-order chi connectivity index (χ0) is 30.5. The molecule has 6 rings (SSSR count). The molecule has 0 aliphatic carbocycles. The Morgan fingerprint density at radius 3 is 2.34 bits per heavy atom. The van der Waals surface area contributed by atoms with Gasteiger partial charge in [0.25, 0.3) is 5.91 Å². The third kappa shape index (κ3) is 6.34. The number of benzene rings is 3. The third-order valence-electron chi connectivity index (χ3n) is 9.49. The van der Waals surface area contributed by atoms with Gasteiger partial charge in [0.2, 0.25) is 5.91 Å². The van der Waals surface area contributed by atoms with E-state index in [0.29, 0.717) is 49.8 Å². The summed E-state index contributed by atoms with van der Waals surface area (Å²) in [5.74, 6) is 1.59. The number of amides is 2. The van der Waals surface area contributed by atoms with Gasteiger partial charge in [0, 0.05) is 18.7 Å². The molecule has 0 bridgehead atoms. The molecule has 3 aromatic rings. The van der Waals surface area contributed by atoms with E-state index in [1.807, 2.05) is 55.1 Å². The molecule has 1 N–H and O–H groups in total. The van der Waals surface area contributed by atoms with Crippen molar-refractivity contribution in [3.8, 4) is 11.5 Å². The van der Waals surface area contributed by atoms with Crippen LogP contribution in [0.25, 0.3) is 0 Å². The molecule has 1 fully saturated rings. The highest BCUT2D eigenvalue weighted by Crippen LogP contribution is 2.48. The molecule has 2 unspecified atom stereocenters. The van der Waals surface area contributed by atoms with Crippen molar-refractivity contribution in [1.29, 1.82) is 0 Å². The lowest BCUT2D eigenvalue weighted by atomic mass is 9.75. The Labute approximate surface area is 261 Å². The Kier molecular flexibility index (Phi) is 9.51. The van der Waals surface area contributed by atoms with Crippen molar-refractivity contribution in [3.05, 3.63) is 94.5 Å². The molecule has 3 heterocycles. The first-order valence-electron chi connectivity index (χ1n) is 16.4. The number of hydrogen-bond donors (Lipinski definition) is 1. The quantitative estimate of drug-likeness (QED) is 0.285. The molecule has 2 atom stereocenters. The highest BCUT2D eigenvalue weighted by atomic mass is 16.5. The van der Waals surface area contributed by atoms with E-state index in [9.17, 15) is 9.59 Å². The van der Waals surface area contributed by atoms with Crippen molar-refractivity contribution in [2.24, 2.45) is 5.92 Å². The number of carbonyl (C=O) groups excluding carboxylic acids is 2. The van der Waals surface area contributed by atoms with Gasteiger partial charge in [-0.15, -0.1) is 0 Å². The molecule has 7 nitrogen and oxygen atoms in total. The van der Waals surface area contributed by atoms with E-state index in [0.717, 1.165) is 55.1 Å². The molecule has 0 aromatic heterocycles. The topological polar surface area (TPSA) is 71.1 Å². The summed E-state index contributed by atoms with van der Waals surface area (Å²) in [6, 6.07) is 22.1. The first kappa shape index (κ1) is 30.2. The van der Waals surface area contributed by atoms with Gasteiger partial charge in [-0.05, 0) is 112 Å². The minimum Gasteiger partial charge on any atom is -0.490 e. The molecule has 0 saturated carbocycles. The SMILES string of the molecule is CCOc1cc2c(cc1OCC)C1C(C(=O)NCCCN3CCC(Cc4ccccc4)CC3)c3ccccc3C(=O)N1CC2. The first-order valence-corrected chi connectivity index (χ1v) is 16.4. The van der Waals surface area contributed by atoms with E-state index in [-0.39, 0.29) is 17.9 Å². The molecule has 3 aliphatic heterocycles. The third-order valence-corrected chi connectivity index (χ3v) is 9.49. The van der Waals surface area contributed by atoms with Gasteiger partial charge in [0.05, 0.1) is 25.2 Å². The number of piperidine rings is 1. The van der Waals surface area contributed by atoms with Gasteiger partial charge in [-0.1, -0.05) is 48.5 Å². The fourth-order valence-electron chi connectivity index (χ4n) is 7.34. The largest absolute Gasteiger partial charge is 0.490 e. The molecule has 7 heteroatoms. The second-order valence-corrected chi connectivity index (χ2v) is 12.2. The van der Waals surface area contributed by atoms with Gasteiger partial charge in [-0.2, -0.15) is 0 Å². The van der Waals surface area contributed by atoms with Crippen LogP contribution in [0, 0.1) is 5.92 Å². The van der Waals surface area contributed by atoms with Gasteiger partial charge < -0.3 is 24.6 Å². The second kappa shape index (κ2) is 13.9. The van der Waals surface area contributed by atoms with Gasteiger partial charge >= 0.3 is 0 Å². The molecule has 232 valence electrons. The van der Waals surface area contributed by atoms with Gasteiger partial charge in [0.15, 0.2) is 11.5 Å². The Bertz CT molecular complexity index is 1450. The van der Waals surface area contributed by atoms with E-state index in [1.54, 1.807) is 0 Å². The summed E-state index contributed by atoms with van der Waals surface area (Å²) in [6.07, 6.45) is 5.22. The average molecular weight is 596 g/mol. The van der Waals surface area contributed by atoms with Crippen LogP contribution in [-0.2, 0) is 17.6 Å². The summed E-state index contributed by atoms with van der Waals surface area (Å²) in [6.45, 7) is 9.34. The van der Waals surface area contributed by atoms with Crippen molar-refractivity contribution < 1.29 is 19.1 Å². The number of hydrogen-bond acceptors (Lipinski definition) is 5. The fraction of sp³-hybridized carbons (Fsp3) is 0.459. The van der Waals surface area contributed by atoms with Crippen molar-refractivity contribution in [1.82, 2.24) is 15.1 Å². The first-order chi connectivity index (χ1) is 21.6. The van der Waals surface area contributed by atoms with Gasteiger partial charge in [-0.25, -0.2) is 0 Å². The minimum atomic E-state index is -0.496. The number of carbonyl (C=O) groups is 2. The fourth-order valence-corrected chi connectivity index (χ4v) is 7.34. The highest BCUT2D eigenvalue weighted by molar-refractivity contribution is 6.01. The minimum absolute atomic E-state index is 0.0113. The summed E-state index contributed by atoms with van der Waals surface area (Å²) in [7, 11) is 0. The van der Waals surface area contributed by atoms with Crippen LogP contribution in [0.4, 0.5) is 0 Å². The normalized spacial score (nSPS) is 20.0. The summed E-state index contributed by atoms with van der Waals surface area (Å²) in [4.78, 5) is 32.2. The van der Waals surface area contributed by atoms with Crippen molar-refractivity contribution in [2.75, 3.05) is 45.9 Å². The number of fused-ring (bicyclic) bond motifs is 4. The monoisotopic (exact) mass is 595 g/mol. The van der Waals surface area contributed by atoms with Gasteiger partial charge in [0.1, 0.15) is 0 Å². The highest BCUT2D eigenvalue weighted by Gasteiger charge is 2.46. The number of nitrogens with one attached hydrogen (secondary N) is 1. The Morgan fingerprint density at radius 1 is 0.886 bits per heavy atom. The molecule has 2 amide bonds. The summed E-state index contributed by atoms with van der Waals surface area (Å²) >= 11 is 0. The van der Waals surface area contributed by atoms with Crippen LogP contribution in [0.5, 0.6) is 11.5 Å². The van der Waals surface area contributed by atoms with Crippen LogP contribution in [0.3, 0.4) is 0 Å². The van der Waals surface area contributed by atoms with Crippen molar-refractivity contribution >= 4 is 11.8 Å². The molecule has 0 radical (unpaired) electrons. The lowest BCUT2D eigenvalue weighted by Crippen LogP contribution is -2.50. The van der Waals surface area contributed by atoms with Gasteiger partial charge in [-0.3, -0.25) is 9.59 Å². The van der Waals surface area contributed by atoms with Crippen LogP contribution in [0.15, 0.2) is 66.7 Å². The zero-order valence-electron chi connectivity index (χ0n) is 26.1. The predicted molar refractivity (Wildman–Crippen MR) is 172 cm³/mol.